The molecule has 23 heavy (non-hydrogen) atoms. The van der Waals surface area contributed by atoms with Crippen LogP contribution in [0.3, 0.4) is 0 Å². The van der Waals surface area contributed by atoms with Crippen LogP contribution in [0.2, 0.25) is 0 Å². The van der Waals surface area contributed by atoms with Crippen LogP contribution in [-0.2, 0) is 6.18 Å². The zero-order valence-corrected chi connectivity index (χ0v) is 13.4. The first-order chi connectivity index (χ1) is 10.9. The van der Waals surface area contributed by atoms with Crippen molar-refractivity contribution in [3.63, 3.8) is 0 Å². The van der Waals surface area contributed by atoms with Gasteiger partial charge in [-0.1, -0.05) is 24.6 Å². The highest BCUT2D eigenvalue weighted by atomic mass is 19.4. The highest BCUT2D eigenvalue weighted by Gasteiger charge is 2.37. The molecule has 0 aromatic heterocycles. The van der Waals surface area contributed by atoms with Crippen molar-refractivity contribution in [1.29, 1.82) is 0 Å². The van der Waals surface area contributed by atoms with Crippen LogP contribution in [0.1, 0.15) is 55.6 Å². The minimum Gasteiger partial charge on any atom is -0.391 e. The molecule has 1 aromatic rings. The maximum atomic E-state index is 12.9. The largest absolute Gasteiger partial charge is 0.416 e. The summed E-state index contributed by atoms with van der Waals surface area (Å²) in [7, 11) is 2.05. The first kappa shape index (κ1) is 16.8. The molecule has 2 aliphatic rings. The van der Waals surface area contributed by atoms with Crippen LogP contribution < -0.4 is 0 Å². The van der Waals surface area contributed by atoms with E-state index in [1.165, 1.54) is 18.6 Å². The van der Waals surface area contributed by atoms with Crippen molar-refractivity contribution in [3.8, 4) is 0 Å². The van der Waals surface area contributed by atoms with Crippen molar-refractivity contribution in [3.05, 3.63) is 35.4 Å². The molecule has 0 radical (unpaired) electrons. The van der Waals surface area contributed by atoms with Crippen LogP contribution >= 0.6 is 0 Å². The van der Waals surface area contributed by atoms with Gasteiger partial charge in [0.2, 0.25) is 0 Å². The second-order valence-electron chi connectivity index (χ2n) is 7.02. The topological polar surface area (TPSA) is 23.5 Å². The molecule has 2 aliphatic carbocycles. The SMILES string of the molecule is CN(C1CCC1)[C@H]1C[C@@H](c2cccc(C(F)(F)F)c2)CC[C@@H]1O. The monoisotopic (exact) mass is 327 g/mol. The number of benzene rings is 1. The summed E-state index contributed by atoms with van der Waals surface area (Å²) in [5.41, 5.74) is 0.170. The van der Waals surface area contributed by atoms with Crippen LogP contribution in [0, 0.1) is 0 Å². The lowest BCUT2D eigenvalue weighted by atomic mass is 9.77. The van der Waals surface area contributed by atoms with Crippen LogP contribution in [0.5, 0.6) is 0 Å². The van der Waals surface area contributed by atoms with Gasteiger partial charge in [-0.3, -0.25) is 4.90 Å². The molecule has 0 spiro atoms. The van der Waals surface area contributed by atoms with Crippen LogP contribution in [-0.4, -0.2) is 35.2 Å². The molecule has 0 amide bonds. The summed E-state index contributed by atoms with van der Waals surface area (Å²) in [5.74, 6) is 0.0910. The van der Waals surface area contributed by atoms with E-state index in [9.17, 15) is 18.3 Å². The van der Waals surface area contributed by atoms with Gasteiger partial charge in [0.25, 0.3) is 0 Å². The predicted molar refractivity (Wildman–Crippen MR) is 83.2 cm³/mol. The third-order valence-electron chi connectivity index (χ3n) is 5.64. The number of alkyl halides is 3. The molecule has 3 rings (SSSR count). The quantitative estimate of drug-likeness (QED) is 0.900. The van der Waals surface area contributed by atoms with E-state index < -0.39 is 11.7 Å². The average Bonchev–Trinajstić information content (AvgIpc) is 2.45. The lowest BCUT2D eigenvalue weighted by Gasteiger charge is -2.45. The van der Waals surface area contributed by atoms with Gasteiger partial charge in [-0.25, -0.2) is 0 Å². The lowest BCUT2D eigenvalue weighted by Crippen LogP contribution is -2.51. The van der Waals surface area contributed by atoms with Crippen LogP contribution in [0.4, 0.5) is 13.2 Å². The third-order valence-corrected chi connectivity index (χ3v) is 5.64. The summed E-state index contributed by atoms with van der Waals surface area (Å²) in [6.45, 7) is 0. The molecule has 5 heteroatoms. The fourth-order valence-corrected chi connectivity index (χ4v) is 3.90. The van der Waals surface area contributed by atoms with E-state index in [1.54, 1.807) is 6.07 Å². The third kappa shape index (κ3) is 3.56. The average molecular weight is 327 g/mol. The van der Waals surface area contributed by atoms with Gasteiger partial charge in [0.15, 0.2) is 0 Å². The normalized spacial score (nSPS) is 29.6. The number of halogens is 3. The van der Waals surface area contributed by atoms with Gasteiger partial charge in [-0.2, -0.15) is 13.2 Å². The van der Waals surface area contributed by atoms with Crippen molar-refractivity contribution >= 4 is 0 Å². The summed E-state index contributed by atoms with van der Waals surface area (Å²) in [5, 5.41) is 10.3. The second kappa shape index (κ2) is 6.44. The first-order valence-corrected chi connectivity index (χ1v) is 8.43. The van der Waals surface area contributed by atoms with E-state index in [2.05, 4.69) is 4.90 Å². The summed E-state index contributed by atoms with van der Waals surface area (Å²) in [6.07, 6.45) is 1.02. The number of aliphatic hydroxyl groups is 1. The molecule has 3 atom stereocenters. The molecule has 1 N–H and O–H groups in total. The minimum absolute atomic E-state index is 0.0496. The van der Waals surface area contributed by atoms with E-state index >= 15 is 0 Å². The number of hydrogen-bond acceptors (Lipinski definition) is 2. The van der Waals surface area contributed by atoms with E-state index in [0.717, 1.165) is 37.3 Å². The van der Waals surface area contributed by atoms with Crippen molar-refractivity contribution < 1.29 is 18.3 Å². The standard InChI is InChI=1S/C18H24F3NO/c1-22(15-6-3-7-15)16-11-13(8-9-17(16)23)12-4-2-5-14(10-12)18(19,20)21/h2,4-5,10,13,15-17,23H,3,6-9,11H2,1H3/t13-,16-,17-/m0/s1. The maximum absolute atomic E-state index is 12.9. The van der Waals surface area contributed by atoms with E-state index in [-0.39, 0.29) is 18.1 Å². The summed E-state index contributed by atoms with van der Waals surface area (Å²) < 4.78 is 38.7. The van der Waals surface area contributed by atoms with Crippen LogP contribution in [0.15, 0.2) is 24.3 Å². The fourth-order valence-electron chi connectivity index (χ4n) is 3.90. The lowest BCUT2D eigenvalue weighted by molar-refractivity contribution is -0.137. The highest BCUT2D eigenvalue weighted by molar-refractivity contribution is 5.29. The Morgan fingerprint density at radius 2 is 1.87 bits per heavy atom. The summed E-state index contributed by atoms with van der Waals surface area (Å²) >= 11 is 0. The molecule has 2 fully saturated rings. The number of rotatable bonds is 3. The minimum atomic E-state index is -4.30. The Hall–Kier alpha value is -1.07. The van der Waals surface area contributed by atoms with Crippen molar-refractivity contribution in [2.45, 2.75) is 68.8 Å². The smallest absolute Gasteiger partial charge is 0.391 e. The van der Waals surface area contributed by atoms with Crippen molar-refractivity contribution in [1.82, 2.24) is 4.90 Å². The van der Waals surface area contributed by atoms with E-state index in [0.29, 0.717) is 12.5 Å². The molecular weight excluding hydrogens is 303 g/mol. The number of likely N-dealkylation sites (N-methyl/N-ethyl adjacent to an activating group) is 1. The molecule has 0 aliphatic heterocycles. The maximum Gasteiger partial charge on any atom is 0.416 e. The Balaban J connectivity index is 1.75. The zero-order valence-electron chi connectivity index (χ0n) is 13.4. The Kier molecular flexibility index (Phi) is 4.70. The van der Waals surface area contributed by atoms with Gasteiger partial charge in [0, 0.05) is 12.1 Å². The van der Waals surface area contributed by atoms with Gasteiger partial charge < -0.3 is 5.11 Å². The number of aliphatic hydroxyl groups excluding tert-OH is 1. The van der Waals surface area contributed by atoms with Crippen LogP contribution in [0.25, 0.3) is 0 Å². The highest BCUT2D eigenvalue weighted by Crippen LogP contribution is 2.39. The van der Waals surface area contributed by atoms with Gasteiger partial charge in [-0.15, -0.1) is 0 Å². The van der Waals surface area contributed by atoms with E-state index in [1.807, 2.05) is 7.05 Å². The predicted octanol–water partition coefficient (Wildman–Crippen LogP) is 4.19. The van der Waals surface area contributed by atoms with E-state index in [4.69, 9.17) is 0 Å². The summed E-state index contributed by atoms with van der Waals surface area (Å²) in [4.78, 5) is 2.26. The number of nitrogens with zero attached hydrogens (tertiary/aromatic N) is 1. The molecule has 0 heterocycles. The first-order valence-electron chi connectivity index (χ1n) is 8.43. The molecule has 0 unspecified atom stereocenters. The zero-order chi connectivity index (χ0) is 16.6. The molecular formula is C18H24F3NO. The molecule has 128 valence electrons. The van der Waals surface area contributed by atoms with Crippen molar-refractivity contribution in [2.75, 3.05) is 7.05 Å². The van der Waals surface area contributed by atoms with Crippen molar-refractivity contribution in [2.24, 2.45) is 0 Å². The Morgan fingerprint density at radius 1 is 1.13 bits per heavy atom. The Morgan fingerprint density at radius 3 is 2.48 bits per heavy atom. The fraction of sp³-hybridized carbons (Fsp3) is 0.667. The molecule has 0 bridgehead atoms. The van der Waals surface area contributed by atoms with Gasteiger partial charge in [0.1, 0.15) is 0 Å². The molecule has 1 aromatic carbocycles. The van der Waals surface area contributed by atoms with Gasteiger partial charge in [0.05, 0.1) is 11.7 Å². The molecule has 2 nitrogen and oxygen atoms in total. The second-order valence-corrected chi connectivity index (χ2v) is 7.02. The summed E-state index contributed by atoms with van der Waals surface area (Å²) in [6, 6.07) is 6.26. The molecule has 0 saturated heterocycles. The van der Waals surface area contributed by atoms with Gasteiger partial charge in [-0.05, 0) is 56.7 Å². The Bertz CT molecular complexity index is 541. The van der Waals surface area contributed by atoms with Gasteiger partial charge >= 0.3 is 6.18 Å². The number of hydrogen-bond donors (Lipinski definition) is 1. The Labute approximate surface area is 135 Å². The molecule has 2 saturated carbocycles.